The highest BCUT2D eigenvalue weighted by atomic mass is 15.1. The lowest BCUT2D eigenvalue weighted by atomic mass is 10.1. The zero-order valence-electron chi connectivity index (χ0n) is 13.4. The van der Waals surface area contributed by atoms with Crippen molar-refractivity contribution < 1.29 is 0 Å². The second-order valence-electron chi connectivity index (χ2n) is 6.17. The minimum absolute atomic E-state index is 0.727. The van der Waals surface area contributed by atoms with E-state index >= 15 is 0 Å². The van der Waals surface area contributed by atoms with Gasteiger partial charge >= 0.3 is 0 Å². The predicted octanol–water partition coefficient (Wildman–Crippen LogP) is 3.81. The van der Waals surface area contributed by atoms with Crippen LogP contribution in [0.2, 0.25) is 0 Å². The highest BCUT2D eigenvalue weighted by Gasteiger charge is 2.22. The monoisotopic (exact) mass is 274 g/mol. The quantitative estimate of drug-likeness (QED) is 0.813. The summed E-state index contributed by atoms with van der Waals surface area (Å²) in [5.41, 5.74) is 2.83. The van der Waals surface area contributed by atoms with Crippen LogP contribution >= 0.6 is 0 Å². The molecule has 0 bridgehead atoms. The van der Waals surface area contributed by atoms with Gasteiger partial charge < -0.3 is 5.32 Å². The van der Waals surface area contributed by atoms with Gasteiger partial charge in [-0.1, -0.05) is 51.5 Å². The molecule has 1 aliphatic carbocycles. The van der Waals surface area contributed by atoms with Crippen LogP contribution in [-0.4, -0.2) is 24.0 Å². The Bertz CT molecular complexity index is 381. The molecule has 0 saturated heterocycles. The van der Waals surface area contributed by atoms with Crippen molar-refractivity contribution in [1.82, 2.24) is 10.2 Å². The first-order chi connectivity index (χ1) is 9.72. The molecular formula is C18H30N2. The molecule has 1 aliphatic rings. The second kappa shape index (κ2) is 7.80. The Morgan fingerprint density at radius 2 is 1.70 bits per heavy atom. The van der Waals surface area contributed by atoms with E-state index in [0.717, 1.165) is 38.1 Å². The average molecular weight is 274 g/mol. The van der Waals surface area contributed by atoms with Crippen LogP contribution < -0.4 is 5.32 Å². The SMILES string of the molecule is CCN(CC)Cc1ccc(CNC2CCCC2C)cc1. The first kappa shape index (κ1) is 15.5. The molecule has 2 heteroatoms. The Hall–Kier alpha value is -0.860. The zero-order valence-corrected chi connectivity index (χ0v) is 13.4. The molecule has 2 nitrogen and oxygen atoms in total. The summed E-state index contributed by atoms with van der Waals surface area (Å²) in [5.74, 6) is 0.844. The number of hydrogen-bond donors (Lipinski definition) is 1. The van der Waals surface area contributed by atoms with Crippen molar-refractivity contribution in [2.24, 2.45) is 5.92 Å². The highest BCUT2D eigenvalue weighted by molar-refractivity contribution is 5.22. The molecule has 2 unspecified atom stereocenters. The van der Waals surface area contributed by atoms with Gasteiger partial charge in [-0.15, -0.1) is 0 Å². The maximum atomic E-state index is 3.72. The van der Waals surface area contributed by atoms with Crippen molar-refractivity contribution in [2.75, 3.05) is 13.1 Å². The van der Waals surface area contributed by atoms with Crippen molar-refractivity contribution >= 4 is 0 Å². The van der Waals surface area contributed by atoms with Crippen LogP contribution in [0.4, 0.5) is 0 Å². The molecule has 2 atom stereocenters. The van der Waals surface area contributed by atoms with Gasteiger partial charge in [0.25, 0.3) is 0 Å². The maximum Gasteiger partial charge on any atom is 0.0233 e. The van der Waals surface area contributed by atoms with E-state index in [9.17, 15) is 0 Å². The number of benzene rings is 1. The van der Waals surface area contributed by atoms with Gasteiger partial charge in [0.1, 0.15) is 0 Å². The van der Waals surface area contributed by atoms with E-state index in [1.165, 1.54) is 30.4 Å². The smallest absolute Gasteiger partial charge is 0.0233 e. The summed E-state index contributed by atoms with van der Waals surface area (Å²) in [6.45, 7) is 11.2. The number of hydrogen-bond acceptors (Lipinski definition) is 2. The lowest BCUT2D eigenvalue weighted by molar-refractivity contribution is 0.296. The maximum absolute atomic E-state index is 3.72. The first-order valence-corrected chi connectivity index (χ1v) is 8.26. The molecule has 0 aliphatic heterocycles. The molecule has 1 aromatic carbocycles. The fourth-order valence-electron chi connectivity index (χ4n) is 3.17. The largest absolute Gasteiger partial charge is 0.310 e. The number of nitrogens with zero attached hydrogens (tertiary/aromatic N) is 1. The van der Waals surface area contributed by atoms with Crippen molar-refractivity contribution in [1.29, 1.82) is 0 Å². The molecule has 1 N–H and O–H groups in total. The molecule has 1 fully saturated rings. The van der Waals surface area contributed by atoms with Gasteiger partial charge in [0.05, 0.1) is 0 Å². The van der Waals surface area contributed by atoms with E-state index in [2.05, 4.69) is 55.3 Å². The van der Waals surface area contributed by atoms with Gasteiger partial charge in [0.2, 0.25) is 0 Å². The third-order valence-corrected chi connectivity index (χ3v) is 4.75. The summed E-state index contributed by atoms with van der Waals surface area (Å²) in [5, 5.41) is 3.72. The minimum atomic E-state index is 0.727. The van der Waals surface area contributed by atoms with Crippen LogP contribution in [0.3, 0.4) is 0 Å². The summed E-state index contributed by atoms with van der Waals surface area (Å²) in [6.07, 6.45) is 4.13. The van der Waals surface area contributed by atoms with E-state index in [1.807, 2.05) is 0 Å². The molecule has 0 heterocycles. The fraction of sp³-hybridized carbons (Fsp3) is 0.667. The Labute approximate surface area is 124 Å². The molecule has 0 aromatic heterocycles. The van der Waals surface area contributed by atoms with Gasteiger partial charge in [0, 0.05) is 19.1 Å². The van der Waals surface area contributed by atoms with Gasteiger partial charge in [-0.3, -0.25) is 4.90 Å². The summed E-state index contributed by atoms with van der Waals surface area (Å²) >= 11 is 0. The zero-order chi connectivity index (χ0) is 14.4. The predicted molar refractivity (Wildman–Crippen MR) is 86.7 cm³/mol. The summed E-state index contributed by atoms with van der Waals surface area (Å²) in [4.78, 5) is 2.45. The molecule has 112 valence electrons. The molecule has 1 aromatic rings. The topological polar surface area (TPSA) is 15.3 Å². The summed E-state index contributed by atoms with van der Waals surface area (Å²) < 4.78 is 0. The van der Waals surface area contributed by atoms with Gasteiger partial charge in [-0.05, 0) is 43.0 Å². The van der Waals surface area contributed by atoms with Crippen molar-refractivity contribution in [2.45, 2.75) is 59.2 Å². The van der Waals surface area contributed by atoms with Crippen molar-refractivity contribution in [3.63, 3.8) is 0 Å². The Morgan fingerprint density at radius 3 is 2.25 bits per heavy atom. The normalized spacial score (nSPS) is 22.6. The second-order valence-corrected chi connectivity index (χ2v) is 6.17. The van der Waals surface area contributed by atoms with Crippen molar-refractivity contribution in [3.05, 3.63) is 35.4 Å². The molecule has 0 spiro atoms. The molecule has 0 amide bonds. The van der Waals surface area contributed by atoms with Gasteiger partial charge in [0.15, 0.2) is 0 Å². The van der Waals surface area contributed by atoms with E-state index in [4.69, 9.17) is 0 Å². The summed E-state index contributed by atoms with van der Waals surface area (Å²) in [6, 6.07) is 9.86. The van der Waals surface area contributed by atoms with Crippen LogP contribution in [0.1, 0.15) is 51.2 Å². The van der Waals surface area contributed by atoms with Crippen LogP contribution in [0, 0.1) is 5.92 Å². The van der Waals surface area contributed by atoms with Crippen molar-refractivity contribution in [3.8, 4) is 0 Å². The summed E-state index contributed by atoms with van der Waals surface area (Å²) in [7, 11) is 0. The first-order valence-electron chi connectivity index (χ1n) is 8.26. The van der Waals surface area contributed by atoms with Crippen LogP contribution in [0.15, 0.2) is 24.3 Å². The fourth-order valence-corrected chi connectivity index (χ4v) is 3.17. The Kier molecular flexibility index (Phi) is 6.06. The van der Waals surface area contributed by atoms with E-state index in [-0.39, 0.29) is 0 Å². The van der Waals surface area contributed by atoms with Crippen LogP contribution in [0.5, 0.6) is 0 Å². The van der Waals surface area contributed by atoms with Gasteiger partial charge in [-0.25, -0.2) is 0 Å². The molecule has 2 rings (SSSR count). The Morgan fingerprint density at radius 1 is 1.05 bits per heavy atom. The van der Waals surface area contributed by atoms with Gasteiger partial charge in [-0.2, -0.15) is 0 Å². The highest BCUT2D eigenvalue weighted by Crippen LogP contribution is 2.25. The molecule has 1 saturated carbocycles. The van der Waals surface area contributed by atoms with E-state index in [0.29, 0.717) is 0 Å². The van der Waals surface area contributed by atoms with E-state index in [1.54, 1.807) is 0 Å². The Balaban J connectivity index is 1.82. The molecular weight excluding hydrogens is 244 g/mol. The molecule has 0 radical (unpaired) electrons. The molecule has 20 heavy (non-hydrogen) atoms. The lowest BCUT2D eigenvalue weighted by Gasteiger charge is -2.19. The number of rotatable bonds is 7. The number of nitrogens with one attached hydrogen (secondary N) is 1. The average Bonchev–Trinajstić information content (AvgIpc) is 2.89. The van der Waals surface area contributed by atoms with Crippen LogP contribution in [-0.2, 0) is 13.1 Å². The minimum Gasteiger partial charge on any atom is -0.310 e. The third kappa shape index (κ3) is 4.32. The third-order valence-electron chi connectivity index (χ3n) is 4.75. The standard InChI is InChI=1S/C18H30N2/c1-4-20(5-2)14-17-11-9-16(10-12-17)13-19-18-8-6-7-15(18)3/h9-12,15,18-19H,4-8,13-14H2,1-3H3. The lowest BCUT2D eigenvalue weighted by Crippen LogP contribution is -2.30. The van der Waals surface area contributed by atoms with Crippen LogP contribution in [0.25, 0.3) is 0 Å². The van der Waals surface area contributed by atoms with E-state index < -0.39 is 0 Å².